The van der Waals surface area contributed by atoms with Gasteiger partial charge in [-0.3, -0.25) is 4.79 Å². The molecule has 0 aromatic heterocycles. The lowest BCUT2D eigenvalue weighted by atomic mass is 10.1. The Balaban J connectivity index is 2.18. The van der Waals surface area contributed by atoms with Crippen molar-refractivity contribution in [2.24, 2.45) is 5.73 Å². The summed E-state index contributed by atoms with van der Waals surface area (Å²) in [5.74, 6) is -0.569. The molecule has 0 radical (unpaired) electrons. The van der Waals surface area contributed by atoms with Gasteiger partial charge in [0.15, 0.2) is 0 Å². The van der Waals surface area contributed by atoms with E-state index < -0.39 is 11.9 Å². The highest BCUT2D eigenvalue weighted by molar-refractivity contribution is 6.31. The summed E-state index contributed by atoms with van der Waals surface area (Å²) in [6.45, 7) is 3.75. The van der Waals surface area contributed by atoms with E-state index in [0.29, 0.717) is 17.0 Å². The Morgan fingerprint density at radius 1 is 1.60 bits per heavy atom. The van der Waals surface area contributed by atoms with Crippen molar-refractivity contribution in [1.82, 2.24) is 4.90 Å². The molecule has 1 amide bonds. The van der Waals surface area contributed by atoms with Crippen molar-refractivity contribution in [2.45, 2.75) is 37.9 Å². The summed E-state index contributed by atoms with van der Waals surface area (Å²) in [5, 5.41) is 0.334. The van der Waals surface area contributed by atoms with Crippen LogP contribution in [0.2, 0.25) is 5.02 Å². The second-order valence-corrected chi connectivity index (χ2v) is 5.44. The molecular formula is C15H18ClFN2O. The Kier molecular flexibility index (Phi) is 4.78. The van der Waals surface area contributed by atoms with Crippen LogP contribution in [-0.4, -0.2) is 22.9 Å². The molecule has 1 saturated carbocycles. The lowest BCUT2D eigenvalue weighted by molar-refractivity contribution is -0.133. The fourth-order valence-corrected chi connectivity index (χ4v) is 2.34. The molecule has 1 aromatic carbocycles. The molecule has 108 valence electrons. The van der Waals surface area contributed by atoms with Crippen LogP contribution in [0.5, 0.6) is 0 Å². The van der Waals surface area contributed by atoms with Crippen molar-refractivity contribution in [3.05, 3.63) is 47.3 Å². The first-order valence-electron chi connectivity index (χ1n) is 6.64. The van der Waals surface area contributed by atoms with Crippen molar-refractivity contribution >= 4 is 17.5 Å². The summed E-state index contributed by atoms with van der Waals surface area (Å²) in [5.41, 5.74) is 6.18. The molecule has 1 atom stereocenters. The fraction of sp³-hybridized carbons (Fsp3) is 0.400. The third-order valence-electron chi connectivity index (χ3n) is 3.40. The van der Waals surface area contributed by atoms with E-state index in [1.165, 1.54) is 6.07 Å². The molecule has 0 saturated heterocycles. The van der Waals surface area contributed by atoms with E-state index in [9.17, 15) is 9.18 Å². The Bertz CT molecular complexity index is 496. The molecule has 1 fully saturated rings. The van der Waals surface area contributed by atoms with Crippen LogP contribution >= 0.6 is 11.6 Å². The van der Waals surface area contributed by atoms with Crippen LogP contribution in [0.1, 0.15) is 24.8 Å². The zero-order valence-corrected chi connectivity index (χ0v) is 11.9. The smallest absolute Gasteiger partial charge is 0.240 e. The molecular weight excluding hydrogens is 279 g/mol. The first kappa shape index (κ1) is 15.0. The monoisotopic (exact) mass is 296 g/mol. The number of rotatable bonds is 6. The van der Waals surface area contributed by atoms with Gasteiger partial charge in [-0.25, -0.2) is 4.39 Å². The normalized spacial score (nSPS) is 15.8. The van der Waals surface area contributed by atoms with E-state index >= 15 is 0 Å². The van der Waals surface area contributed by atoms with E-state index in [1.54, 1.807) is 23.1 Å². The van der Waals surface area contributed by atoms with Gasteiger partial charge in [-0.1, -0.05) is 23.7 Å². The third kappa shape index (κ3) is 3.38. The number of benzene rings is 1. The lowest BCUT2D eigenvalue weighted by Gasteiger charge is -2.26. The SMILES string of the molecule is C=CCC(N)C(=O)N(Cc1c(F)cccc1Cl)C1CC1. The first-order valence-corrected chi connectivity index (χ1v) is 7.02. The van der Waals surface area contributed by atoms with Gasteiger partial charge in [0, 0.05) is 16.6 Å². The molecule has 5 heteroatoms. The van der Waals surface area contributed by atoms with Gasteiger partial charge in [0.05, 0.1) is 12.6 Å². The summed E-state index contributed by atoms with van der Waals surface area (Å²) in [4.78, 5) is 14.0. The van der Waals surface area contributed by atoms with Crippen molar-refractivity contribution in [2.75, 3.05) is 0 Å². The molecule has 0 bridgehead atoms. The van der Waals surface area contributed by atoms with Gasteiger partial charge < -0.3 is 10.6 Å². The minimum Gasteiger partial charge on any atom is -0.334 e. The minimum absolute atomic E-state index is 0.147. The third-order valence-corrected chi connectivity index (χ3v) is 3.75. The molecule has 0 spiro atoms. The van der Waals surface area contributed by atoms with Crippen LogP contribution in [0.15, 0.2) is 30.9 Å². The average molecular weight is 297 g/mol. The van der Waals surface area contributed by atoms with Crippen molar-refractivity contribution in [3.63, 3.8) is 0 Å². The topological polar surface area (TPSA) is 46.3 Å². The Labute approximate surface area is 123 Å². The highest BCUT2D eigenvalue weighted by Crippen LogP contribution is 2.31. The van der Waals surface area contributed by atoms with E-state index in [1.807, 2.05) is 0 Å². The van der Waals surface area contributed by atoms with Crippen LogP contribution in [-0.2, 0) is 11.3 Å². The van der Waals surface area contributed by atoms with Gasteiger partial charge in [0.25, 0.3) is 0 Å². The molecule has 1 aromatic rings. The standard InChI is InChI=1S/C15H18ClFN2O/c1-2-4-14(18)15(20)19(10-7-8-10)9-11-12(16)5-3-6-13(11)17/h2-3,5-6,10,14H,1,4,7-9,18H2. The van der Waals surface area contributed by atoms with E-state index in [-0.39, 0.29) is 18.5 Å². The summed E-state index contributed by atoms with van der Waals surface area (Å²) in [7, 11) is 0. The van der Waals surface area contributed by atoms with E-state index in [0.717, 1.165) is 12.8 Å². The van der Waals surface area contributed by atoms with Crippen molar-refractivity contribution in [1.29, 1.82) is 0 Å². The zero-order valence-electron chi connectivity index (χ0n) is 11.2. The quantitative estimate of drug-likeness (QED) is 0.821. The molecule has 1 aliphatic carbocycles. The predicted octanol–water partition coefficient (Wildman–Crippen LogP) is 2.87. The number of amides is 1. The Hall–Kier alpha value is -1.39. The van der Waals surface area contributed by atoms with E-state index in [2.05, 4.69) is 6.58 Å². The van der Waals surface area contributed by atoms with Crippen LogP contribution in [0.25, 0.3) is 0 Å². The number of nitrogens with two attached hydrogens (primary N) is 1. The van der Waals surface area contributed by atoms with Gasteiger partial charge in [-0.05, 0) is 31.4 Å². The summed E-state index contributed by atoms with van der Waals surface area (Å²) in [6, 6.07) is 4.04. The zero-order chi connectivity index (χ0) is 14.7. The fourth-order valence-electron chi connectivity index (χ4n) is 2.12. The molecule has 3 nitrogen and oxygen atoms in total. The number of carbonyl (C=O) groups excluding carboxylic acids is 1. The molecule has 1 unspecified atom stereocenters. The number of carbonyl (C=O) groups is 1. The summed E-state index contributed by atoms with van der Waals surface area (Å²) in [6.07, 6.45) is 3.88. The minimum atomic E-state index is -0.626. The van der Waals surface area contributed by atoms with Crippen molar-refractivity contribution in [3.8, 4) is 0 Å². The van der Waals surface area contributed by atoms with Gasteiger partial charge in [-0.2, -0.15) is 0 Å². The second kappa shape index (κ2) is 6.37. The van der Waals surface area contributed by atoms with Crippen LogP contribution in [0.4, 0.5) is 4.39 Å². The summed E-state index contributed by atoms with van der Waals surface area (Å²) >= 11 is 6.02. The molecule has 2 N–H and O–H groups in total. The largest absolute Gasteiger partial charge is 0.334 e. The number of nitrogens with zero attached hydrogens (tertiary/aromatic N) is 1. The molecule has 0 aliphatic heterocycles. The number of halogens is 2. The van der Waals surface area contributed by atoms with Crippen molar-refractivity contribution < 1.29 is 9.18 Å². The number of hydrogen-bond acceptors (Lipinski definition) is 2. The predicted molar refractivity (Wildman–Crippen MR) is 77.8 cm³/mol. The van der Waals surface area contributed by atoms with Crippen LogP contribution in [0.3, 0.4) is 0 Å². The highest BCUT2D eigenvalue weighted by Gasteiger charge is 2.35. The number of hydrogen-bond donors (Lipinski definition) is 1. The Morgan fingerprint density at radius 2 is 2.30 bits per heavy atom. The van der Waals surface area contributed by atoms with Crippen LogP contribution in [0, 0.1) is 5.82 Å². The Morgan fingerprint density at radius 3 is 2.85 bits per heavy atom. The van der Waals surface area contributed by atoms with Gasteiger partial charge in [-0.15, -0.1) is 6.58 Å². The molecule has 0 heterocycles. The highest BCUT2D eigenvalue weighted by atomic mass is 35.5. The second-order valence-electron chi connectivity index (χ2n) is 5.03. The van der Waals surface area contributed by atoms with Gasteiger partial charge in [0.1, 0.15) is 5.82 Å². The summed E-state index contributed by atoms with van der Waals surface area (Å²) < 4.78 is 13.8. The maximum absolute atomic E-state index is 13.8. The maximum atomic E-state index is 13.8. The average Bonchev–Trinajstić information content (AvgIpc) is 3.22. The van der Waals surface area contributed by atoms with Gasteiger partial charge in [0.2, 0.25) is 5.91 Å². The first-order chi connectivity index (χ1) is 9.54. The maximum Gasteiger partial charge on any atom is 0.240 e. The molecule has 20 heavy (non-hydrogen) atoms. The van der Waals surface area contributed by atoms with Crippen LogP contribution < -0.4 is 5.73 Å². The van der Waals surface area contributed by atoms with Gasteiger partial charge >= 0.3 is 0 Å². The van der Waals surface area contributed by atoms with E-state index in [4.69, 9.17) is 17.3 Å². The molecule has 1 aliphatic rings. The molecule has 2 rings (SSSR count). The lowest BCUT2D eigenvalue weighted by Crippen LogP contribution is -2.44.